The molecule has 0 aliphatic rings. The average molecular weight is 285 g/mol. The van der Waals surface area contributed by atoms with Gasteiger partial charge in [-0.05, 0) is 30.8 Å². The average Bonchev–Trinajstić information content (AvgIpc) is 2.43. The highest BCUT2D eigenvalue weighted by Crippen LogP contribution is 2.10. The second kappa shape index (κ2) is 7.59. The van der Waals surface area contributed by atoms with Crippen LogP contribution in [-0.4, -0.2) is 39.5 Å². The first-order chi connectivity index (χ1) is 9.03. The molecule has 0 saturated carbocycles. The molecule has 19 heavy (non-hydrogen) atoms. The molecule has 108 valence electrons. The summed E-state index contributed by atoms with van der Waals surface area (Å²) in [5.41, 5.74) is 6.33. The van der Waals surface area contributed by atoms with E-state index in [0.717, 1.165) is 18.7 Å². The first kappa shape index (κ1) is 16.1. The molecular weight excluding hydrogens is 262 g/mol. The standard InChI is InChI=1S/C13H23N3O2S/c1-3-16(4-2)9-8-15-19(17,18)13-7-5-6-12(10-13)11-14/h5-7,10,15H,3-4,8-9,11,14H2,1-2H3. The Morgan fingerprint density at radius 3 is 2.53 bits per heavy atom. The highest BCUT2D eigenvalue weighted by molar-refractivity contribution is 7.89. The third-order valence-corrected chi connectivity index (χ3v) is 4.52. The number of sulfonamides is 1. The molecule has 0 bridgehead atoms. The molecule has 1 aromatic rings. The monoisotopic (exact) mass is 285 g/mol. The first-order valence-electron chi connectivity index (χ1n) is 6.54. The van der Waals surface area contributed by atoms with Crippen molar-refractivity contribution in [2.45, 2.75) is 25.3 Å². The molecule has 1 rings (SSSR count). The first-order valence-corrected chi connectivity index (χ1v) is 8.02. The van der Waals surface area contributed by atoms with Crippen molar-refractivity contribution in [1.82, 2.24) is 9.62 Å². The van der Waals surface area contributed by atoms with Crippen LogP contribution in [0.25, 0.3) is 0 Å². The molecule has 0 aliphatic heterocycles. The largest absolute Gasteiger partial charge is 0.326 e. The van der Waals surface area contributed by atoms with Crippen LogP contribution in [0.5, 0.6) is 0 Å². The van der Waals surface area contributed by atoms with Gasteiger partial charge in [0.1, 0.15) is 0 Å². The summed E-state index contributed by atoms with van der Waals surface area (Å²) >= 11 is 0. The number of likely N-dealkylation sites (N-methyl/N-ethyl adjacent to an activating group) is 1. The van der Waals surface area contributed by atoms with Crippen molar-refractivity contribution in [3.63, 3.8) is 0 Å². The Bertz CT molecular complexity index is 484. The molecule has 0 spiro atoms. The zero-order valence-electron chi connectivity index (χ0n) is 11.6. The molecule has 0 aliphatic carbocycles. The van der Waals surface area contributed by atoms with Crippen LogP contribution in [0.3, 0.4) is 0 Å². The Labute approximate surface area is 115 Å². The van der Waals surface area contributed by atoms with Gasteiger partial charge in [0.2, 0.25) is 10.0 Å². The molecule has 0 aromatic heterocycles. The third-order valence-electron chi connectivity index (χ3n) is 3.06. The lowest BCUT2D eigenvalue weighted by Gasteiger charge is -2.18. The summed E-state index contributed by atoms with van der Waals surface area (Å²) in [6.07, 6.45) is 0. The summed E-state index contributed by atoms with van der Waals surface area (Å²) in [5.74, 6) is 0. The zero-order valence-corrected chi connectivity index (χ0v) is 12.4. The van der Waals surface area contributed by atoms with E-state index in [1.807, 2.05) is 6.07 Å². The second-order valence-corrected chi connectivity index (χ2v) is 6.04. The van der Waals surface area contributed by atoms with Gasteiger partial charge in [0.15, 0.2) is 0 Å². The Morgan fingerprint density at radius 2 is 1.95 bits per heavy atom. The van der Waals surface area contributed by atoms with Crippen molar-refractivity contribution in [2.75, 3.05) is 26.2 Å². The van der Waals surface area contributed by atoms with Crippen LogP contribution in [0, 0.1) is 0 Å². The molecule has 3 N–H and O–H groups in total. The number of nitrogens with zero attached hydrogens (tertiary/aromatic N) is 1. The lowest BCUT2D eigenvalue weighted by atomic mass is 10.2. The van der Waals surface area contributed by atoms with Gasteiger partial charge in [-0.2, -0.15) is 0 Å². The van der Waals surface area contributed by atoms with Crippen LogP contribution >= 0.6 is 0 Å². The topological polar surface area (TPSA) is 75.4 Å². The van der Waals surface area contributed by atoms with E-state index in [9.17, 15) is 8.42 Å². The Balaban J connectivity index is 2.65. The minimum Gasteiger partial charge on any atom is -0.326 e. The van der Waals surface area contributed by atoms with Gasteiger partial charge < -0.3 is 10.6 Å². The van der Waals surface area contributed by atoms with Crippen molar-refractivity contribution in [2.24, 2.45) is 5.73 Å². The van der Waals surface area contributed by atoms with E-state index in [2.05, 4.69) is 23.5 Å². The van der Waals surface area contributed by atoms with Crippen LogP contribution < -0.4 is 10.5 Å². The van der Waals surface area contributed by atoms with Gasteiger partial charge >= 0.3 is 0 Å². The molecule has 1 aromatic carbocycles. The zero-order chi connectivity index (χ0) is 14.3. The van der Waals surface area contributed by atoms with Crippen molar-refractivity contribution < 1.29 is 8.42 Å². The summed E-state index contributed by atoms with van der Waals surface area (Å²) < 4.78 is 26.8. The summed E-state index contributed by atoms with van der Waals surface area (Å²) in [5, 5.41) is 0. The number of hydrogen-bond donors (Lipinski definition) is 2. The fourth-order valence-corrected chi connectivity index (χ4v) is 2.89. The molecule has 0 amide bonds. The number of rotatable bonds is 8. The minimum atomic E-state index is -3.44. The van der Waals surface area contributed by atoms with Gasteiger partial charge in [-0.25, -0.2) is 13.1 Å². The van der Waals surface area contributed by atoms with E-state index in [-0.39, 0.29) is 4.90 Å². The second-order valence-electron chi connectivity index (χ2n) is 4.28. The van der Waals surface area contributed by atoms with Crippen LogP contribution in [0.2, 0.25) is 0 Å². The summed E-state index contributed by atoms with van der Waals surface area (Å²) in [7, 11) is -3.44. The molecule has 6 heteroatoms. The normalized spacial score (nSPS) is 12.0. The summed E-state index contributed by atoms with van der Waals surface area (Å²) in [4.78, 5) is 2.44. The summed E-state index contributed by atoms with van der Waals surface area (Å²) in [6.45, 7) is 7.41. The van der Waals surface area contributed by atoms with Crippen LogP contribution in [-0.2, 0) is 16.6 Å². The van der Waals surface area contributed by atoms with Crippen molar-refractivity contribution in [3.05, 3.63) is 29.8 Å². The maximum absolute atomic E-state index is 12.1. The highest BCUT2D eigenvalue weighted by atomic mass is 32.2. The number of benzene rings is 1. The van der Waals surface area contributed by atoms with Crippen molar-refractivity contribution >= 4 is 10.0 Å². The third kappa shape index (κ3) is 4.91. The molecule has 0 fully saturated rings. The Kier molecular flexibility index (Phi) is 6.44. The molecule has 0 saturated heterocycles. The van der Waals surface area contributed by atoms with Gasteiger partial charge in [0, 0.05) is 19.6 Å². The molecular formula is C13H23N3O2S. The molecule has 0 heterocycles. The van der Waals surface area contributed by atoms with Gasteiger partial charge in [-0.3, -0.25) is 0 Å². The highest BCUT2D eigenvalue weighted by Gasteiger charge is 2.13. The predicted octanol–water partition coefficient (Wildman–Crippen LogP) is 0.765. The SMILES string of the molecule is CCN(CC)CCNS(=O)(=O)c1cccc(CN)c1. The Hall–Kier alpha value is -0.950. The lowest BCUT2D eigenvalue weighted by molar-refractivity contribution is 0.309. The fraction of sp³-hybridized carbons (Fsp3) is 0.538. The van der Waals surface area contributed by atoms with E-state index in [1.54, 1.807) is 18.2 Å². The van der Waals surface area contributed by atoms with Gasteiger partial charge in [-0.15, -0.1) is 0 Å². The van der Waals surface area contributed by atoms with E-state index < -0.39 is 10.0 Å². The Morgan fingerprint density at radius 1 is 1.26 bits per heavy atom. The maximum atomic E-state index is 12.1. The van der Waals surface area contributed by atoms with Crippen LogP contribution in [0.1, 0.15) is 19.4 Å². The van der Waals surface area contributed by atoms with Crippen LogP contribution in [0.4, 0.5) is 0 Å². The van der Waals surface area contributed by atoms with Crippen molar-refractivity contribution in [1.29, 1.82) is 0 Å². The van der Waals surface area contributed by atoms with E-state index >= 15 is 0 Å². The molecule has 0 unspecified atom stereocenters. The van der Waals surface area contributed by atoms with E-state index in [4.69, 9.17) is 5.73 Å². The van der Waals surface area contributed by atoms with E-state index in [0.29, 0.717) is 19.6 Å². The van der Waals surface area contributed by atoms with E-state index in [1.165, 1.54) is 0 Å². The van der Waals surface area contributed by atoms with Gasteiger partial charge in [-0.1, -0.05) is 26.0 Å². The van der Waals surface area contributed by atoms with Gasteiger partial charge in [0.05, 0.1) is 4.90 Å². The summed E-state index contributed by atoms with van der Waals surface area (Å²) in [6, 6.07) is 6.72. The lowest BCUT2D eigenvalue weighted by Crippen LogP contribution is -2.34. The predicted molar refractivity (Wildman–Crippen MR) is 77.3 cm³/mol. The van der Waals surface area contributed by atoms with Crippen LogP contribution in [0.15, 0.2) is 29.2 Å². The number of nitrogens with two attached hydrogens (primary N) is 1. The quantitative estimate of drug-likeness (QED) is 0.739. The fourth-order valence-electron chi connectivity index (χ4n) is 1.80. The van der Waals surface area contributed by atoms with Crippen molar-refractivity contribution in [3.8, 4) is 0 Å². The maximum Gasteiger partial charge on any atom is 0.240 e. The molecule has 0 radical (unpaired) electrons. The number of hydrogen-bond acceptors (Lipinski definition) is 4. The van der Waals surface area contributed by atoms with Gasteiger partial charge in [0.25, 0.3) is 0 Å². The smallest absolute Gasteiger partial charge is 0.240 e. The molecule has 5 nitrogen and oxygen atoms in total. The minimum absolute atomic E-state index is 0.273. The molecule has 0 atom stereocenters. The number of nitrogens with one attached hydrogen (secondary N) is 1.